The van der Waals surface area contributed by atoms with Crippen LogP contribution in [-0.4, -0.2) is 61.6 Å². The first kappa shape index (κ1) is 10.9. The smallest absolute Gasteiger partial charge is 0.239 e. The second kappa shape index (κ2) is 4.49. The minimum atomic E-state index is 0.0953. The third kappa shape index (κ3) is 2.69. The van der Waals surface area contributed by atoms with Crippen LogP contribution in [0.5, 0.6) is 0 Å². The summed E-state index contributed by atoms with van der Waals surface area (Å²) >= 11 is 0. The molecule has 0 aromatic heterocycles. The van der Waals surface area contributed by atoms with Gasteiger partial charge in [0, 0.05) is 20.6 Å². The van der Waals surface area contributed by atoms with Gasteiger partial charge < -0.3 is 9.64 Å². The van der Waals surface area contributed by atoms with Crippen LogP contribution in [0, 0.1) is 0 Å². The number of epoxide rings is 1. The molecule has 2 atom stereocenters. The third-order valence-electron chi connectivity index (χ3n) is 3.18. The van der Waals surface area contributed by atoms with E-state index in [9.17, 15) is 4.79 Å². The maximum Gasteiger partial charge on any atom is 0.239 e. The van der Waals surface area contributed by atoms with Gasteiger partial charge in [0.15, 0.2) is 0 Å². The molecule has 0 saturated carbocycles. The summed E-state index contributed by atoms with van der Waals surface area (Å²) in [5.74, 6) is 0.246. The summed E-state index contributed by atoms with van der Waals surface area (Å²) in [6.07, 6.45) is 3.78. The largest absolute Gasteiger partial charge is 0.372 e. The molecular weight excluding hydrogens is 192 g/mol. The van der Waals surface area contributed by atoms with Crippen LogP contribution in [-0.2, 0) is 9.53 Å². The van der Waals surface area contributed by atoms with Gasteiger partial charge in [-0.2, -0.15) is 0 Å². The van der Waals surface area contributed by atoms with Gasteiger partial charge in [0.1, 0.15) is 0 Å². The molecule has 4 heteroatoms. The van der Waals surface area contributed by atoms with Crippen LogP contribution in [0.4, 0.5) is 0 Å². The predicted octanol–water partition coefficient (Wildman–Crippen LogP) is 0.328. The summed E-state index contributed by atoms with van der Waals surface area (Å²) < 4.78 is 5.23. The van der Waals surface area contributed by atoms with Crippen LogP contribution in [0.1, 0.15) is 19.3 Å². The number of hydrogen-bond acceptors (Lipinski definition) is 3. The maximum atomic E-state index is 12.0. The second-order valence-corrected chi connectivity index (χ2v) is 4.69. The van der Waals surface area contributed by atoms with Gasteiger partial charge in [0.05, 0.1) is 18.8 Å². The Bertz CT molecular complexity index is 239. The van der Waals surface area contributed by atoms with Gasteiger partial charge in [-0.25, -0.2) is 0 Å². The molecule has 15 heavy (non-hydrogen) atoms. The van der Waals surface area contributed by atoms with Crippen molar-refractivity contribution in [3.05, 3.63) is 0 Å². The van der Waals surface area contributed by atoms with Crippen LogP contribution in [0.15, 0.2) is 0 Å². The summed E-state index contributed by atoms with van der Waals surface area (Å²) in [6, 6.07) is 0.0953. The van der Waals surface area contributed by atoms with E-state index in [1.807, 2.05) is 14.1 Å². The molecule has 2 rings (SSSR count). The average Bonchev–Trinajstić information content (AvgIpc) is 3.01. The molecule has 0 unspecified atom stereocenters. The Balaban J connectivity index is 1.94. The van der Waals surface area contributed by atoms with Crippen molar-refractivity contribution in [1.82, 2.24) is 9.80 Å². The molecule has 86 valence electrons. The van der Waals surface area contributed by atoms with Crippen molar-refractivity contribution < 1.29 is 9.53 Å². The fraction of sp³-hybridized carbons (Fsp3) is 0.909. The fourth-order valence-corrected chi connectivity index (χ4v) is 2.22. The van der Waals surface area contributed by atoms with Crippen molar-refractivity contribution in [2.24, 2.45) is 0 Å². The number of piperidine rings is 1. The van der Waals surface area contributed by atoms with E-state index < -0.39 is 0 Å². The van der Waals surface area contributed by atoms with Crippen molar-refractivity contribution in [3.8, 4) is 0 Å². The molecule has 0 spiro atoms. The first-order valence-corrected chi connectivity index (χ1v) is 5.75. The maximum absolute atomic E-state index is 12.0. The Kier molecular flexibility index (Phi) is 3.26. The van der Waals surface area contributed by atoms with Crippen LogP contribution < -0.4 is 0 Å². The SMILES string of the molecule is CN(C)C(=O)[C@H]1CCCCN1C[C@H]1CO1. The summed E-state index contributed by atoms with van der Waals surface area (Å²) in [7, 11) is 3.67. The molecule has 2 fully saturated rings. The molecule has 0 bridgehead atoms. The van der Waals surface area contributed by atoms with Gasteiger partial charge >= 0.3 is 0 Å². The normalized spacial score (nSPS) is 31.3. The first-order valence-electron chi connectivity index (χ1n) is 5.75. The first-order chi connectivity index (χ1) is 7.18. The van der Waals surface area contributed by atoms with Gasteiger partial charge in [-0.15, -0.1) is 0 Å². The van der Waals surface area contributed by atoms with E-state index in [4.69, 9.17) is 4.74 Å². The monoisotopic (exact) mass is 212 g/mol. The van der Waals surface area contributed by atoms with E-state index in [1.165, 1.54) is 12.8 Å². The highest BCUT2D eigenvalue weighted by Crippen LogP contribution is 2.21. The molecule has 0 N–H and O–H groups in total. The van der Waals surface area contributed by atoms with E-state index in [0.29, 0.717) is 6.10 Å². The molecule has 0 aliphatic carbocycles. The van der Waals surface area contributed by atoms with E-state index >= 15 is 0 Å². The number of amides is 1. The lowest BCUT2D eigenvalue weighted by Crippen LogP contribution is -2.50. The van der Waals surface area contributed by atoms with Crippen molar-refractivity contribution in [2.45, 2.75) is 31.4 Å². The number of likely N-dealkylation sites (tertiary alicyclic amines) is 1. The molecule has 0 aromatic carbocycles. The number of ether oxygens (including phenoxy) is 1. The van der Waals surface area contributed by atoms with Crippen LogP contribution in [0.3, 0.4) is 0 Å². The quantitative estimate of drug-likeness (QED) is 0.632. The number of nitrogens with zero attached hydrogens (tertiary/aromatic N) is 2. The Morgan fingerprint density at radius 2 is 2.20 bits per heavy atom. The summed E-state index contributed by atoms with van der Waals surface area (Å²) in [6.45, 7) is 2.85. The minimum absolute atomic E-state index is 0.0953. The standard InChI is InChI=1S/C11H20N2O2/c1-12(2)11(14)10-5-3-4-6-13(10)7-9-8-15-9/h9-10H,3-8H2,1-2H3/t9-,10+/m0/s1. The number of carbonyl (C=O) groups is 1. The molecule has 1 amide bonds. The van der Waals surface area contributed by atoms with Gasteiger partial charge in [-0.1, -0.05) is 6.42 Å². The van der Waals surface area contributed by atoms with Crippen molar-refractivity contribution in [3.63, 3.8) is 0 Å². The van der Waals surface area contributed by atoms with Gasteiger partial charge in [0.2, 0.25) is 5.91 Å². The zero-order chi connectivity index (χ0) is 10.8. The van der Waals surface area contributed by atoms with E-state index in [1.54, 1.807) is 4.90 Å². The van der Waals surface area contributed by atoms with Crippen molar-refractivity contribution >= 4 is 5.91 Å². The van der Waals surface area contributed by atoms with E-state index in [2.05, 4.69) is 4.90 Å². The van der Waals surface area contributed by atoms with Crippen molar-refractivity contribution in [2.75, 3.05) is 33.8 Å². The Morgan fingerprint density at radius 3 is 2.80 bits per heavy atom. The number of hydrogen-bond donors (Lipinski definition) is 0. The summed E-state index contributed by atoms with van der Waals surface area (Å²) in [5, 5.41) is 0. The molecular formula is C11H20N2O2. The third-order valence-corrected chi connectivity index (χ3v) is 3.18. The molecule has 2 heterocycles. The van der Waals surface area contributed by atoms with E-state index in [0.717, 1.165) is 26.1 Å². The second-order valence-electron chi connectivity index (χ2n) is 4.69. The molecule has 4 nitrogen and oxygen atoms in total. The topological polar surface area (TPSA) is 36.1 Å². The van der Waals surface area contributed by atoms with Gasteiger partial charge in [-0.05, 0) is 19.4 Å². The molecule has 0 radical (unpaired) electrons. The lowest BCUT2D eigenvalue weighted by Gasteiger charge is -2.35. The lowest BCUT2D eigenvalue weighted by molar-refractivity contribution is -0.135. The highest BCUT2D eigenvalue weighted by atomic mass is 16.6. The molecule has 0 aromatic rings. The lowest BCUT2D eigenvalue weighted by atomic mass is 10.0. The predicted molar refractivity (Wildman–Crippen MR) is 57.6 cm³/mol. The highest BCUT2D eigenvalue weighted by Gasteiger charge is 2.34. The van der Waals surface area contributed by atoms with Gasteiger partial charge in [-0.3, -0.25) is 9.69 Å². The summed E-state index contributed by atoms with van der Waals surface area (Å²) in [4.78, 5) is 16.0. The van der Waals surface area contributed by atoms with Crippen molar-refractivity contribution in [1.29, 1.82) is 0 Å². The highest BCUT2D eigenvalue weighted by molar-refractivity contribution is 5.81. The Morgan fingerprint density at radius 1 is 1.47 bits per heavy atom. The van der Waals surface area contributed by atoms with Gasteiger partial charge in [0.25, 0.3) is 0 Å². The van der Waals surface area contributed by atoms with Crippen LogP contribution in [0.25, 0.3) is 0 Å². The zero-order valence-corrected chi connectivity index (χ0v) is 9.61. The number of rotatable bonds is 3. The molecule has 2 aliphatic rings. The zero-order valence-electron chi connectivity index (χ0n) is 9.61. The van der Waals surface area contributed by atoms with Crippen LogP contribution in [0.2, 0.25) is 0 Å². The van der Waals surface area contributed by atoms with E-state index in [-0.39, 0.29) is 11.9 Å². The Labute approximate surface area is 91.2 Å². The molecule has 2 aliphatic heterocycles. The number of likely N-dealkylation sites (N-methyl/N-ethyl adjacent to an activating group) is 1. The average molecular weight is 212 g/mol. The number of carbonyl (C=O) groups excluding carboxylic acids is 1. The van der Waals surface area contributed by atoms with Crippen LogP contribution >= 0.6 is 0 Å². The minimum Gasteiger partial charge on any atom is -0.372 e. The summed E-state index contributed by atoms with van der Waals surface area (Å²) in [5.41, 5.74) is 0. The Hall–Kier alpha value is -0.610. The molecule has 2 saturated heterocycles. The fourth-order valence-electron chi connectivity index (χ4n) is 2.22.